The molecule has 4 rings (SSSR count). The van der Waals surface area contributed by atoms with Crippen molar-refractivity contribution in [2.45, 2.75) is 39.5 Å². The highest BCUT2D eigenvalue weighted by Gasteiger charge is 2.19. The number of hydrogen-bond donors (Lipinski definition) is 4. The summed E-state index contributed by atoms with van der Waals surface area (Å²) in [5.41, 5.74) is 6.69. The van der Waals surface area contributed by atoms with Crippen molar-refractivity contribution in [2.75, 3.05) is 23.8 Å². The van der Waals surface area contributed by atoms with Crippen LogP contribution in [0.4, 0.5) is 17.2 Å². The third-order valence-corrected chi connectivity index (χ3v) is 7.32. The minimum atomic E-state index is -0.317. The summed E-state index contributed by atoms with van der Waals surface area (Å²) < 4.78 is 1.51. The lowest BCUT2D eigenvalue weighted by molar-refractivity contribution is 0.0953. The van der Waals surface area contributed by atoms with E-state index < -0.39 is 0 Å². The van der Waals surface area contributed by atoms with Crippen LogP contribution in [0.3, 0.4) is 0 Å². The van der Waals surface area contributed by atoms with Gasteiger partial charge in [-0.05, 0) is 60.4 Å². The maximum Gasteiger partial charge on any atom is 0.293 e. The third-order valence-electron chi connectivity index (χ3n) is 7.32. The smallest absolute Gasteiger partial charge is 0.293 e. The lowest BCUT2D eigenvalue weighted by atomic mass is 9.85. The molecule has 8 nitrogen and oxygen atoms in total. The quantitative estimate of drug-likeness (QED) is 0.178. The third kappa shape index (κ3) is 6.78. The van der Waals surface area contributed by atoms with Crippen molar-refractivity contribution >= 4 is 28.8 Å². The van der Waals surface area contributed by atoms with Gasteiger partial charge in [0.15, 0.2) is 5.82 Å². The average Bonchev–Trinajstić information content (AvgIpc) is 2.99. The number of benzene rings is 3. The number of anilines is 3. The standard InChI is InChI=1S/C34H39N5O3/c1-7-19-35-32(41)25-13-17-27(18-14-25)37-31-33(42)39(6)20-30(38-31)28-9-8-10-29(22(28)2)36-23(3)24-11-15-26(16-12-24)34(4,5)21-40/h8-18,20,36,40H,3,7,19,21H2,1-2,4-6H3,(H,35,41)(H,37,38). The Hall–Kier alpha value is -4.69. The van der Waals surface area contributed by atoms with Gasteiger partial charge in [0, 0.05) is 53.4 Å². The van der Waals surface area contributed by atoms with Crippen molar-refractivity contribution in [3.8, 4) is 11.3 Å². The molecule has 0 bridgehead atoms. The first-order valence-corrected chi connectivity index (χ1v) is 14.0. The number of nitrogens with zero attached hydrogens (tertiary/aromatic N) is 2. The molecule has 0 fully saturated rings. The molecule has 0 aliphatic carbocycles. The maximum atomic E-state index is 12.9. The van der Waals surface area contributed by atoms with Crippen LogP contribution in [-0.2, 0) is 12.5 Å². The molecule has 42 heavy (non-hydrogen) atoms. The van der Waals surface area contributed by atoms with Gasteiger partial charge in [0.05, 0.1) is 12.3 Å². The summed E-state index contributed by atoms with van der Waals surface area (Å²) in [6.07, 6.45) is 2.58. The number of amides is 1. The zero-order valence-corrected chi connectivity index (χ0v) is 24.9. The molecule has 0 saturated carbocycles. The molecule has 0 spiro atoms. The highest BCUT2D eigenvalue weighted by atomic mass is 16.3. The molecule has 0 aliphatic rings. The van der Waals surface area contributed by atoms with Crippen LogP contribution >= 0.6 is 0 Å². The lowest BCUT2D eigenvalue weighted by Gasteiger charge is -2.22. The molecule has 4 N–H and O–H groups in total. The van der Waals surface area contributed by atoms with Gasteiger partial charge in [-0.25, -0.2) is 4.98 Å². The number of rotatable bonds is 11. The van der Waals surface area contributed by atoms with Crippen molar-refractivity contribution in [2.24, 2.45) is 7.05 Å². The Balaban J connectivity index is 1.56. The first-order valence-electron chi connectivity index (χ1n) is 14.0. The molecule has 0 radical (unpaired) electrons. The molecule has 1 aromatic heterocycles. The molecule has 1 amide bonds. The molecular weight excluding hydrogens is 526 g/mol. The highest BCUT2D eigenvalue weighted by Crippen LogP contribution is 2.30. The topological polar surface area (TPSA) is 108 Å². The van der Waals surface area contributed by atoms with Crippen LogP contribution in [0.5, 0.6) is 0 Å². The van der Waals surface area contributed by atoms with E-state index in [1.165, 1.54) is 4.57 Å². The fourth-order valence-corrected chi connectivity index (χ4v) is 4.50. The maximum absolute atomic E-state index is 12.9. The summed E-state index contributed by atoms with van der Waals surface area (Å²) in [4.78, 5) is 29.9. The van der Waals surface area contributed by atoms with Crippen LogP contribution < -0.4 is 21.5 Å². The molecule has 0 atom stereocenters. The van der Waals surface area contributed by atoms with Crippen LogP contribution in [-0.4, -0.2) is 33.7 Å². The molecular formula is C34H39N5O3. The molecule has 3 aromatic carbocycles. The normalized spacial score (nSPS) is 11.2. The molecule has 4 aromatic rings. The number of hydrogen-bond acceptors (Lipinski definition) is 6. The van der Waals surface area contributed by atoms with E-state index in [1.54, 1.807) is 37.5 Å². The monoisotopic (exact) mass is 565 g/mol. The second-order valence-corrected chi connectivity index (χ2v) is 11.1. The van der Waals surface area contributed by atoms with Gasteiger partial charge < -0.3 is 25.6 Å². The molecule has 0 aliphatic heterocycles. The minimum Gasteiger partial charge on any atom is -0.395 e. The Kier molecular flexibility index (Phi) is 9.28. The largest absolute Gasteiger partial charge is 0.395 e. The SMILES string of the molecule is C=C(Nc1cccc(-c2cn(C)c(=O)c(Nc3ccc(C(=O)NCCC)cc3)n2)c1C)c1ccc(C(C)(C)CO)cc1. The van der Waals surface area contributed by atoms with Gasteiger partial charge >= 0.3 is 0 Å². The van der Waals surface area contributed by atoms with Gasteiger partial charge in [0.2, 0.25) is 0 Å². The number of aryl methyl sites for hydroxylation is 1. The molecule has 218 valence electrons. The number of carbonyl (C=O) groups excluding carboxylic acids is 1. The summed E-state index contributed by atoms with van der Waals surface area (Å²) >= 11 is 0. The zero-order valence-electron chi connectivity index (χ0n) is 24.9. The van der Waals surface area contributed by atoms with Crippen molar-refractivity contribution in [3.05, 3.63) is 112 Å². The predicted octanol–water partition coefficient (Wildman–Crippen LogP) is 5.99. The van der Waals surface area contributed by atoms with Crippen molar-refractivity contribution in [1.29, 1.82) is 0 Å². The van der Waals surface area contributed by atoms with Gasteiger partial charge in [-0.2, -0.15) is 0 Å². The number of nitrogens with one attached hydrogen (secondary N) is 3. The van der Waals surface area contributed by atoms with Crippen molar-refractivity contribution < 1.29 is 9.90 Å². The summed E-state index contributed by atoms with van der Waals surface area (Å²) in [6, 6.07) is 20.9. The minimum absolute atomic E-state index is 0.0675. The molecule has 0 saturated heterocycles. The predicted molar refractivity (Wildman–Crippen MR) is 171 cm³/mol. The van der Waals surface area contributed by atoms with E-state index in [2.05, 4.69) is 27.5 Å². The molecule has 0 unspecified atom stereocenters. The van der Waals surface area contributed by atoms with E-state index in [4.69, 9.17) is 0 Å². The Morgan fingerprint density at radius 2 is 1.69 bits per heavy atom. The Labute approximate surface area is 247 Å². The van der Waals surface area contributed by atoms with Gasteiger partial charge in [-0.1, -0.05) is 63.7 Å². The highest BCUT2D eigenvalue weighted by molar-refractivity contribution is 5.94. The molecule has 1 heterocycles. The average molecular weight is 566 g/mol. The van der Waals surface area contributed by atoms with Crippen LogP contribution in [0.1, 0.15) is 54.2 Å². The van der Waals surface area contributed by atoms with Crippen LogP contribution in [0.15, 0.2) is 84.3 Å². The van der Waals surface area contributed by atoms with Crippen molar-refractivity contribution in [3.63, 3.8) is 0 Å². The first kappa shape index (κ1) is 30.3. The second kappa shape index (κ2) is 12.9. The number of aliphatic hydroxyl groups is 1. The fraction of sp³-hybridized carbons (Fsp3) is 0.265. The summed E-state index contributed by atoms with van der Waals surface area (Å²) in [6.45, 7) is 12.9. The summed E-state index contributed by atoms with van der Waals surface area (Å²) in [5.74, 6) is 0.0555. The van der Waals surface area contributed by atoms with Crippen LogP contribution in [0, 0.1) is 6.92 Å². The second-order valence-electron chi connectivity index (χ2n) is 11.1. The van der Waals surface area contributed by atoms with Crippen molar-refractivity contribution in [1.82, 2.24) is 14.9 Å². The summed E-state index contributed by atoms with van der Waals surface area (Å²) in [7, 11) is 1.70. The zero-order chi connectivity index (χ0) is 30.4. The Morgan fingerprint density at radius 3 is 2.33 bits per heavy atom. The van der Waals surface area contributed by atoms with E-state index in [0.717, 1.165) is 40.1 Å². The number of carbonyl (C=O) groups is 1. The summed E-state index contributed by atoms with van der Waals surface area (Å²) in [5, 5.41) is 19.1. The van der Waals surface area contributed by atoms with Crippen LogP contribution in [0.2, 0.25) is 0 Å². The fourth-order valence-electron chi connectivity index (χ4n) is 4.50. The van der Waals surface area contributed by atoms with E-state index in [1.807, 2.05) is 70.2 Å². The van der Waals surface area contributed by atoms with E-state index in [9.17, 15) is 14.7 Å². The number of aliphatic hydroxyl groups excluding tert-OH is 1. The molecule has 8 heteroatoms. The number of aromatic nitrogens is 2. The van der Waals surface area contributed by atoms with Gasteiger partial charge in [0.1, 0.15) is 0 Å². The Morgan fingerprint density at radius 1 is 1.02 bits per heavy atom. The van der Waals surface area contributed by atoms with E-state index in [-0.39, 0.29) is 29.3 Å². The lowest BCUT2D eigenvalue weighted by Crippen LogP contribution is -2.24. The Bertz CT molecular complexity index is 1640. The van der Waals surface area contributed by atoms with Gasteiger partial charge in [-0.3, -0.25) is 9.59 Å². The van der Waals surface area contributed by atoms with E-state index in [0.29, 0.717) is 23.5 Å². The first-order chi connectivity index (χ1) is 20.0. The van der Waals surface area contributed by atoms with Gasteiger partial charge in [0.25, 0.3) is 11.5 Å². The van der Waals surface area contributed by atoms with Crippen LogP contribution in [0.25, 0.3) is 17.0 Å². The van der Waals surface area contributed by atoms with Gasteiger partial charge in [-0.15, -0.1) is 0 Å². The van der Waals surface area contributed by atoms with E-state index >= 15 is 0 Å².